The van der Waals surface area contributed by atoms with E-state index < -0.39 is 0 Å². The lowest BCUT2D eigenvalue weighted by Crippen LogP contribution is -2.36. The molecule has 0 bridgehead atoms. The molecule has 2 heteroatoms. The molecule has 14 heavy (non-hydrogen) atoms. The van der Waals surface area contributed by atoms with Gasteiger partial charge in [-0.3, -0.25) is 0 Å². The monoisotopic (exact) mass is 197 g/mol. The van der Waals surface area contributed by atoms with Gasteiger partial charge >= 0.3 is 0 Å². The first-order chi connectivity index (χ1) is 6.47. The van der Waals surface area contributed by atoms with Crippen molar-refractivity contribution >= 4 is 0 Å². The summed E-state index contributed by atoms with van der Waals surface area (Å²) in [5, 5.41) is 3.42. The Morgan fingerprint density at radius 2 is 1.93 bits per heavy atom. The van der Waals surface area contributed by atoms with Crippen LogP contribution < -0.4 is 5.32 Å². The van der Waals surface area contributed by atoms with Gasteiger partial charge in [0.25, 0.3) is 0 Å². The second-order valence-electron chi connectivity index (χ2n) is 4.04. The first kappa shape index (κ1) is 13.2. The van der Waals surface area contributed by atoms with Crippen LogP contribution >= 0.6 is 0 Å². The lowest BCUT2D eigenvalue weighted by Gasteiger charge is -2.22. The van der Waals surface area contributed by atoms with Gasteiger partial charge in [0.2, 0.25) is 0 Å². The maximum Gasteiger partial charge on any atom is 0.105 e. The molecule has 0 fully saturated rings. The van der Waals surface area contributed by atoms with E-state index in [9.17, 15) is 0 Å². The third-order valence-corrected chi connectivity index (χ3v) is 2.05. The van der Waals surface area contributed by atoms with E-state index in [2.05, 4.69) is 32.3 Å². The first-order valence-electron chi connectivity index (χ1n) is 5.10. The van der Waals surface area contributed by atoms with Gasteiger partial charge in [0.15, 0.2) is 0 Å². The van der Waals surface area contributed by atoms with Crippen LogP contribution in [0.1, 0.15) is 33.6 Å². The highest BCUT2D eigenvalue weighted by Gasteiger charge is 2.13. The molecule has 0 aromatic heterocycles. The van der Waals surface area contributed by atoms with E-state index in [-0.39, 0.29) is 6.04 Å². The van der Waals surface area contributed by atoms with Crippen LogP contribution in [0.25, 0.3) is 0 Å². The van der Waals surface area contributed by atoms with Crippen molar-refractivity contribution in [2.45, 2.75) is 45.7 Å². The number of hydrogen-bond donors (Lipinski definition) is 1. The Hall–Kier alpha value is -0.760. The van der Waals surface area contributed by atoms with Gasteiger partial charge in [0.1, 0.15) is 5.76 Å². The predicted octanol–water partition coefficient (Wildman–Crippen LogP) is 2.87. The van der Waals surface area contributed by atoms with Crippen LogP contribution in [0.4, 0.5) is 0 Å². The molecule has 0 aromatic rings. The molecule has 0 heterocycles. The van der Waals surface area contributed by atoms with Gasteiger partial charge in [0.05, 0.1) is 13.2 Å². The number of hydrogen-bond acceptors (Lipinski definition) is 2. The molecule has 0 radical (unpaired) electrons. The molecule has 0 rings (SSSR count). The van der Waals surface area contributed by atoms with E-state index in [1.165, 1.54) is 5.57 Å². The van der Waals surface area contributed by atoms with Crippen LogP contribution in [0, 0.1) is 0 Å². The zero-order valence-electron chi connectivity index (χ0n) is 9.89. The lowest BCUT2D eigenvalue weighted by molar-refractivity contribution is 0.242. The predicted molar refractivity (Wildman–Crippen MR) is 62.3 cm³/mol. The quantitative estimate of drug-likeness (QED) is 0.500. The van der Waals surface area contributed by atoms with Crippen molar-refractivity contribution in [3.05, 3.63) is 24.5 Å². The van der Waals surface area contributed by atoms with E-state index in [0.717, 1.165) is 18.6 Å². The molecule has 0 amide bonds. The second-order valence-corrected chi connectivity index (χ2v) is 4.04. The van der Waals surface area contributed by atoms with Crippen molar-refractivity contribution < 1.29 is 4.74 Å². The average molecular weight is 197 g/mol. The zero-order chi connectivity index (χ0) is 11.1. The molecule has 1 atom stereocenters. The van der Waals surface area contributed by atoms with Gasteiger partial charge in [-0.25, -0.2) is 0 Å². The third kappa shape index (κ3) is 5.81. The fraction of sp³-hybridized carbons (Fsp3) is 0.667. The topological polar surface area (TPSA) is 21.3 Å². The summed E-state index contributed by atoms with van der Waals surface area (Å²) in [4.78, 5) is 0. The minimum absolute atomic E-state index is 0.233. The summed E-state index contributed by atoms with van der Waals surface area (Å²) in [5.74, 6) is 0.806. The summed E-state index contributed by atoms with van der Waals surface area (Å²) in [5.41, 5.74) is 1.20. The summed E-state index contributed by atoms with van der Waals surface area (Å²) < 4.78 is 5.16. The molecule has 0 saturated heterocycles. The van der Waals surface area contributed by atoms with Gasteiger partial charge < -0.3 is 10.1 Å². The third-order valence-electron chi connectivity index (χ3n) is 2.05. The molecule has 0 aliphatic rings. The molecular weight excluding hydrogens is 174 g/mol. The molecule has 1 N–H and O–H groups in total. The van der Waals surface area contributed by atoms with E-state index in [4.69, 9.17) is 4.74 Å². The van der Waals surface area contributed by atoms with Gasteiger partial charge in [-0.2, -0.15) is 0 Å². The van der Waals surface area contributed by atoms with Crippen molar-refractivity contribution in [3.63, 3.8) is 0 Å². The Kier molecular flexibility index (Phi) is 6.30. The Balaban J connectivity index is 4.10. The molecule has 0 saturated carbocycles. The van der Waals surface area contributed by atoms with E-state index >= 15 is 0 Å². The van der Waals surface area contributed by atoms with Gasteiger partial charge in [0, 0.05) is 6.04 Å². The first-order valence-corrected chi connectivity index (χ1v) is 5.10. The lowest BCUT2D eigenvalue weighted by atomic mass is 10.1. The van der Waals surface area contributed by atoms with Crippen LogP contribution in [0.15, 0.2) is 24.5 Å². The van der Waals surface area contributed by atoms with Crippen LogP contribution in [0.3, 0.4) is 0 Å². The highest BCUT2D eigenvalue weighted by molar-refractivity contribution is 5.00. The van der Waals surface area contributed by atoms with Gasteiger partial charge in [-0.15, -0.1) is 6.58 Å². The minimum atomic E-state index is 0.233. The standard InChI is InChI=1S/C12H23NO/c1-9(2)7-8-12(11(5)14-6)13-10(3)4/h10,12-13H,1,5,7-8H2,2-4,6H3. The van der Waals surface area contributed by atoms with Crippen molar-refractivity contribution in [2.24, 2.45) is 0 Å². The van der Waals surface area contributed by atoms with Gasteiger partial charge in [-0.05, 0) is 19.8 Å². The molecular formula is C12H23NO. The maximum atomic E-state index is 5.16. The summed E-state index contributed by atoms with van der Waals surface area (Å²) in [6.45, 7) is 14.1. The number of ether oxygens (including phenoxy) is 1. The number of methoxy groups -OCH3 is 1. The van der Waals surface area contributed by atoms with Gasteiger partial charge in [-0.1, -0.05) is 26.0 Å². The van der Waals surface area contributed by atoms with Crippen molar-refractivity contribution in [1.29, 1.82) is 0 Å². The zero-order valence-corrected chi connectivity index (χ0v) is 9.89. The number of rotatable bonds is 7. The molecule has 2 nitrogen and oxygen atoms in total. The molecule has 0 aromatic carbocycles. The Labute approximate surface area is 88.0 Å². The van der Waals surface area contributed by atoms with Crippen LogP contribution in [-0.2, 0) is 4.74 Å². The normalized spacial score (nSPS) is 12.6. The molecule has 82 valence electrons. The highest BCUT2D eigenvalue weighted by atomic mass is 16.5. The Morgan fingerprint density at radius 1 is 1.36 bits per heavy atom. The smallest absolute Gasteiger partial charge is 0.105 e. The summed E-state index contributed by atoms with van der Waals surface area (Å²) >= 11 is 0. The molecule has 0 spiro atoms. The largest absolute Gasteiger partial charge is 0.500 e. The molecule has 0 aliphatic carbocycles. The van der Waals surface area contributed by atoms with E-state index in [0.29, 0.717) is 6.04 Å². The Bertz CT molecular complexity index is 196. The van der Waals surface area contributed by atoms with E-state index in [1.54, 1.807) is 7.11 Å². The second kappa shape index (κ2) is 6.66. The number of allylic oxidation sites excluding steroid dienone is 1. The van der Waals surface area contributed by atoms with Crippen molar-refractivity contribution in [2.75, 3.05) is 7.11 Å². The minimum Gasteiger partial charge on any atom is -0.500 e. The van der Waals surface area contributed by atoms with Crippen molar-refractivity contribution in [3.8, 4) is 0 Å². The molecule has 0 aliphatic heterocycles. The van der Waals surface area contributed by atoms with Crippen LogP contribution in [-0.4, -0.2) is 19.2 Å². The fourth-order valence-electron chi connectivity index (χ4n) is 1.27. The highest BCUT2D eigenvalue weighted by Crippen LogP contribution is 2.12. The van der Waals surface area contributed by atoms with Crippen LogP contribution in [0.2, 0.25) is 0 Å². The number of nitrogens with one attached hydrogen (secondary N) is 1. The maximum absolute atomic E-state index is 5.16. The van der Waals surface area contributed by atoms with Crippen LogP contribution in [0.5, 0.6) is 0 Å². The average Bonchev–Trinajstić information content (AvgIpc) is 2.10. The summed E-state index contributed by atoms with van der Waals surface area (Å²) in [7, 11) is 1.66. The summed E-state index contributed by atoms with van der Waals surface area (Å²) in [6, 6.07) is 0.675. The fourth-order valence-corrected chi connectivity index (χ4v) is 1.27. The Morgan fingerprint density at radius 3 is 2.29 bits per heavy atom. The summed E-state index contributed by atoms with van der Waals surface area (Å²) in [6.07, 6.45) is 2.01. The molecule has 1 unspecified atom stereocenters. The van der Waals surface area contributed by atoms with Crippen molar-refractivity contribution in [1.82, 2.24) is 5.32 Å². The SMILES string of the molecule is C=C(C)CCC(NC(C)C)C(=C)OC. The van der Waals surface area contributed by atoms with E-state index in [1.807, 2.05) is 6.92 Å².